The summed E-state index contributed by atoms with van der Waals surface area (Å²) in [7, 11) is -3.36. The van der Waals surface area contributed by atoms with Gasteiger partial charge in [0.25, 0.3) is 0 Å². The predicted molar refractivity (Wildman–Crippen MR) is 54.0 cm³/mol. The van der Waals surface area contributed by atoms with Gasteiger partial charge in [0.1, 0.15) is 0 Å². The first-order chi connectivity index (χ1) is 6.49. The summed E-state index contributed by atoms with van der Waals surface area (Å²) in [6, 6.07) is 1.79. The maximum absolute atomic E-state index is 11.7. The molecule has 0 aliphatic carbocycles. The molecule has 1 heterocycles. The van der Waals surface area contributed by atoms with Gasteiger partial charge in [0.15, 0.2) is 5.75 Å². The Bertz CT molecular complexity index is 321. The van der Waals surface area contributed by atoms with E-state index in [2.05, 4.69) is 0 Å². The van der Waals surface area contributed by atoms with Crippen LogP contribution in [0.1, 0.15) is 33.1 Å². The molecule has 1 saturated heterocycles. The molecular formula is C9H16N2O2S. The first kappa shape index (κ1) is 11.5. The molecule has 0 bridgehead atoms. The van der Waals surface area contributed by atoms with Crippen LogP contribution in [-0.2, 0) is 10.0 Å². The molecule has 0 aromatic carbocycles. The van der Waals surface area contributed by atoms with Crippen molar-refractivity contribution in [3.63, 3.8) is 0 Å². The summed E-state index contributed by atoms with van der Waals surface area (Å²) in [5, 5.41) is 8.45. The Morgan fingerprint density at radius 3 is 2.29 bits per heavy atom. The van der Waals surface area contributed by atoms with Crippen LogP contribution in [0.15, 0.2) is 0 Å². The van der Waals surface area contributed by atoms with Crippen molar-refractivity contribution < 1.29 is 8.42 Å². The molecule has 1 rings (SSSR count). The SMILES string of the molecule is C[C@@H]1CCC[C@H](C)N1S(=O)(=O)CC#N. The van der Waals surface area contributed by atoms with Crippen molar-refractivity contribution in [2.45, 2.75) is 45.2 Å². The lowest BCUT2D eigenvalue weighted by molar-refractivity contribution is 0.205. The first-order valence-corrected chi connectivity index (χ1v) is 6.48. The second-order valence-electron chi connectivity index (χ2n) is 3.87. The van der Waals surface area contributed by atoms with Crippen molar-refractivity contribution in [3.05, 3.63) is 0 Å². The van der Waals surface area contributed by atoms with Gasteiger partial charge in [0.2, 0.25) is 10.0 Å². The van der Waals surface area contributed by atoms with E-state index in [0.717, 1.165) is 19.3 Å². The van der Waals surface area contributed by atoms with E-state index in [9.17, 15) is 8.42 Å². The molecule has 4 nitrogen and oxygen atoms in total. The van der Waals surface area contributed by atoms with E-state index in [0.29, 0.717) is 0 Å². The second kappa shape index (κ2) is 4.28. The molecule has 1 fully saturated rings. The van der Waals surface area contributed by atoms with E-state index in [1.165, 1.54) is 4.31 Å². The molecule has 14 heavy (non-hydrogen) atoms. The molecule has 2 atom stereocenters. The molecule has 80 valence electrons. The van der Waals surface area contributed by atoms with Crippen molar-refractivity contribution in [1.82, 2.24) is 4.31 Å². The van der Waals surface area contributed by atoms with Gasteiger partial charge in [-0.05, 0) is 26.7 Å². The molecule has 5 heteroatoms. The summed E-state index contributed by atoms with van der Waals surface area (Å²) in [5.41, 5.74) is 0. The third-order valence-electron chi connectivity index (χ3n) is 2.68. The molecule has 0 N–H and O–H groups in total. The highest BCUT2D eigenvalue weighted by molar-refractivity contribution is 7.89. The van der Waals surface area contributed by atoms with E-state index in [-0.39, 0.29) is 12.1 Å². The average Bonchev–Trinajstić information content (AvgIpc) is 2.02. The zero-order valence-electron chi connectivity index (χ0n) is 8.60. The number of hydrogen-bond acceptors (Lipinski definition) is 3. The topological polar surface area (TPSA) is 61.2 Å². The summed E-state index contributed by atoms with van der Waals surface area (Å²) < 4.78 is 24.9. The Hall–Kier alpha value is -0.600. The third-order valence-corrected chi connectivity index (χ3v) is 4.54. The fourth-order valence-corrected chi connectivity index (χ4v) is 3.72. The molecule has 1 aliphatic heterocycles. The van der Waals surface area contributed by atoms with Crippen LogP contribution in [0.3, 0.4) is 0 Å². The standard InChI is InChI=1S/C9H16N2O2S/c1-8-4-3-5-9(2)11(8)14(12,13)7-6-10/h8-9H,3-5,7H2,1-2H3/t8-,9+. The van der Waals surface area contributed by atoms with E-state index in [1.54, 1.807) is 6.07 Å². The summed E-state index contributed by atoms with van der Waals surface area (Å²) in [6.07, 6.45) is 2.87. The molecule has 0 unspecified atom stereocenters. The molecule has 0 aromatic heterocycles. The van der Waals surface area contributed by atoms with Crippen molar-refractivity contribution in [3.8, 4) is 6.07 Å². The van der Waals surface area contributed by atoms with Gasteiger partial charge >= 0.3 is 0 Å². The lowest BCUT2D eigenvalue weighted by Gasteiger charge is -2.37. The van der Waals surface area contributed by atoms with Gasteiger partial charge in [0, 0.05) is 12.1 Å². The summed E-state index contributed by atoms with van der Waals surface area (Å²) in [5.74, 6) is -0.401. The van der Waals surface area contributed by atoms with Crippen LogP contribution >= 0.6 is 0 Å². The van der Waals surface area contributed by atoms with E-state index in [4.69, 9.17) is 5.26 Å². The van der Waals surface area contributed by atoms with E-state index in [1.807, 2.05) is 13.8 Å². The normalized spacial score (nSPS) is 29.8. The zero-order valence-corrected chi connectivity index (χ0v) is 9.42. The minimum absolute atomic E-state index is 0.0390. The zero-order chi connectivity index (χ0) is 10.8. The van der Waals surface area contributed by atoms with Crippen molar-refractivity contribution in [1.29, 1.82) is 5.26 Å². The monoisotopic (exact) mass is 216 g/mol. The summed E-state index contributed by atoms with van der Waals surface area (Å²) in [6.45, 7) is 3.81. The molecule has 0 saturated carbocycles. The number of piperidine rings is 1. The summed E-state index contributed by atoms with van der Waals surface area (Å²) >= 11 is 0. The highest BCUT2D eigenvalue weighted by atomic mass is 32.2. The van der Waals surface area contributed by atoms with Gasteiger partial charge in [-0.25, -0.2) is 8.42 Å². The van der Waals surface area contributed by atoms with Gasteiger partial charge in [-0.3, -0.25) is 0 Å². The highest BCUT2D eigenvalue weighted by Crippen LogP contribution is 2.25. The third kappa shape index (κ3) is 2.25. The Labute approximate surface area is 85.6 Å². The minimum Gasteiger partial charge on any atom is -0.211 e. The van der Waals surface area contributed by atoms with Crippen LogP contribution in [0.4, 0.5) is 0 Å². The van der Waals surface area contributed by atoms with Gasteiger partial charge in [-0.1, -0.05) is 6.42 Å². The van der Waals surface area contributed by atoms with E-state index < -0.39 is 15.8 Å². The molecule has 0 radical (unpaired) electrons. The van der Waals surface area contributed by atoms with Crippen LogP contribution in [0.25, 0.3) is 0 Å². The minimum atomic E-state index is -3.36. The average molecular weight is 216 g/mol. The van der Waals surface area contributed by atoms with Crippen LogP contribution in [0.5, 0.6) is 0 Å². The van der Waals surface area contributed by atoms with Crippen LogP contribution in [0.2, 0.25) is 0 Å². The molecule has 1 aliphatic rings. The van der Waals surface area contributed by atoms with Crippen molar-refractivity contribution in [2.75, 3.05) is 5.75 Å². The Morgan fingerprint density at radius 1 is 1.36 bits per heavy atom. The summed E-state index contributed by atoms with van der Waals surface area (Å²) in [4.78, 5) is 0. The number of hydrogen-bond donors (Lipinski definition) is 0. The highest BCUT2D eigenvalue weighted by Gasteiger charge is 2.33. The Morgan fingerprint density at radius 2 is 1.86 bits per heavy atom. The maximum atomic E-state index is 11.7. The van der Waals surface area contributed by atoms with Crippen molar-refractivity contribution in [2.24, 2.45) is 0 Å². The van der Waals surface area contributed by atoms with Crippen LogP contribution in [0, 0.1) is 11.3 Å². The lowest BCUT2D eigenvalue weighted by Crippen LogP contribution is -2.48. The van der Waals surface area contributed by atoms with Crippen LogP contribution < -0.4 is 0 Å². The fourth-order valence-electron chi connectivity index (χ4n) is 2.10. The Kier molecular flexibility index (Phi) is 3.51. The lowest BCUT2D eigenvalue weighted by atomic mass is 10.0. The van der Waals surface area contributed by atoms with Crippen molar-refractivity contribution >= 4 is 10.0 Å². The fraction of sp³-hybridized carbons (Fsp3) is 0.889. The van der Waals surface area contributed by atoms with E-state index >= 15 is 0 Å². The predicted octanol–water partition coefficient (Wildman–Crippen LogP) is 1.10. The number of nitrogens with zero attached hydrogens (tertiary/aromatic N) is 2. The van der Waals surface area contributed by atoms with Gasteiger partial charge in [-0.2, -0.15) is 9.57 Å². The molecule has 0 spiro atoms. The smallest absolute Gasteiger partial charge is 0.211 e. The number of sulfonamides is 1. The second-order valence-corrected chi connectivity index (χ2v) is 5.75. The van der Waals surface area contributed by atoms with Gasteiger partial charge in [-0.15, -0.1) is 0 Å². The molecule has 0 aromatic rings. The number of rotatable bonds is 2. The first-order valence-electron chi connectivity index (χ1n) is 4.87. The maximum Gasteiger partial charge on any atom is 0.228 e. The van der Waals surface area contributed by atoms with Gasteiger partial charge < -0.3 is 0 Å². The molecular weight excluding hydrogens is 200 g/mol. The molecule has 0 amide bonds. The Balaban J connectivity index is 2.89. The quantitative estimate of drug-likeness (QED) is 0.694. The largest absolute Gasteiger partial charge is 0.228 e. The van der Waals surface area contributed by atoms with Gasteiger partial charge in [0.05, 0.1) is 6.07 Å². The number of nitriles is 1. The van der Waals surface area contributed by atoms with Crippen LogP contribution in [-0.4, -0.2) is 30.6 Å².